The monoisotopic (exact) mass is 381 g/mol. The van der Waals surface area contributed by atoms with Crippen molar-refractivity contribution in [1.82, 2.24) is 9.80 Å². The van der Waals surface area contributed by atoms with Crippen molar-refractivity contribution in [3.8, 4) is 5.75 Å². The standard InChI is InChI=1S/C22H27N3O3/c1-16-7-5-8-17(13-16)21(23(2)3)22(27)24-11-12-25(20(26)15-24)18-9-6-10-19(14-18)28-4/h5-10,13-14,21H,11-12,15H2,1-4H3. The summed E-state index contributed by atoms with van der Waals surface area (Å²) in [6, 6.07) is 15.0. The molecule has 0 N–H and O–H groups in total. The number of hydrogen-bond donors (Lipinski definition) is 0. The molecule has 2 aromatic rings. The Morgan fingerprint density at radius 1 is 1.11 bits per heavy atom. The second-order valence-electron chi connectivity index (χ2n) is 7.29. The lowest BCUT2D eigenvalue weighted by Crippen LogP contribution is -2.54. The van der Waals surface area contributed by atoms with Crippen LogP contribution in [0, 0.1) is 6.92 Å². The molecule has 1 heterocycles. The summed E-state index contributed by atoms with van der Waals surface area (Å²) in [5.41, 5.74) is 2.84. The minimum Gasteiger partial charge on any atom is -0.497 e. The minimum atomic E-state index is -0.406. The Hall–Kier alpha value is -2.86. The molecule has 148 valence electrons. The highest BCUT2D eigenvalue weighted by Crippen LogP contribution is 2.26. The van der Waals surface area contributed by atoms with E-state index in [1.165, 1.54) is 0 Å². The van der Waals surface area contributed by atoms with Crippen molar-refractivity contribution in [2.75, 3.05) is 45.7 Å². The van der Waals surface area contributed by atoms with Gasteiger partial charge in [-0.3, -0.25) is 14.5 Å². The van der Waals surface area contributed by atoms with E-state index in [0.29, 0.717) is 18.8 Å². The van der Waals surface area contributed by atoms with Gasteiger partial charge in [-0.25, -0.2) is 0 Å². The van der Waals surface area contributed by atoms with Crippen LogP contribution in [0.4, 0.5) is 5.69 Å². The molecule has 3 rings (SSSR count). The average Bonchev–Trinajstić information content (AvgIpc) is 2.67. The van der Waals surface area contributed by atoms with Crippen molar-refractivity contribution in [2.45, 2.75) is 13.0 Å². The summed E-state index contributed by atoms with van der Waals surface area (Å²) < 4.78 is 5.25. The van der Waals surface area contributed by atoms with Crippen LogP contribution < -0.4 is 9.64 Å². The Kier molecular flexibility index (Phi) is 5.99. The van der Waals surface area contributed by atoms with E-state index in [1.807, 2.05) is 74.4 Å². The lowest BCUT2D eigenvalue weighted by Gasteiger charge is -2.37. The van der Waals surface area contributed by atoms with Crippen molar-refractivity contribution < 1.29 is 14.3 Å². The van der Waals surface area contributed by atoms with Gasteiger partial charge in [0.1, 0.15) is 18.3 Å². The number of benzene rings is 2. The van der Waals surface area contributed by atoms with Crippen molar-refractivity contribution in [3.63, 3.8) is 0 Å². The third-order valence-electron chi connectivity index (χ3n) is 5.01. The summed E-state index contributed by atoms with van der Waals surface area (Å²) >= 11 is 0. The molecule has 0 bridgehead atoms. The predicted molar refractivity (Wildman–Crippen MR) is 110 cm³/mol. The van der Waals surface area contributed by atoms with Crippen molar-refractivity contribution in [1.29, 1.82) is 0 Å². The first kappa shape index (κ1) is 19.9. The Morgan fingerprint density at radius 2 is 1.86 bits per heavy atom. The number of carbonyl (C=O) groups excluding carboxylic acids is 2. The van der Waals surface area contributed by atoms with Crippen LogP contribution in [0.15, 0.2) is 48.5 Å². The van der Waals surface area contributed by atoms with Gasteiger partial charge in [0.2, 0.25) is 11.8 Å². The number of piperazine rings is 1. The molecule has 0 aliphatic carbocycles. The molecule has 0 aromatic heterocycles. The molecule has 28 heavy (non-hydrogen) atoms. The van der Waals surface area contributed by atoms with Crippen molar-refractivity contribution in [3.05, 3.63) is 59.7 Å². The lowest BCUT2D eigenvalue weighted by atomic mass is 10.0. The number of anilines is 1. The normalized spacial score (nSPS) is 15.7. The van der Waals surface area contributed by atoms with E-state index >= 15 is 0 Å². The van der Waals surface area contributed by atoms with Gasteiger partial charge in [0.15, 0.2) is 0 Å². The maximum atomic E-state index is 13.2. The van der Waals surface area contributed by atoms with E-state index in [2.05, 4.69) is 0 Å². The van der Waals surface area contributed by atoms with Gasteiger partial charge in [-0.1, -0.05) is 35.9 Å². The molecule has 1 aliphatic rings. The fourth-order valence-corrected chi connectivity index (χ4v) is 3.59. The first-order valence-corrected chi connectivity index (χ1v) is 9.37. The highest BCUT2D eigenvalue weighted by Gasteiger charge is 2.33. The van der Waals surface area contributed by atoms with Crippen LogP contribution in [0.3, 0.4) is 0 Å². The van der Waals surface area contributed by atoms with Crippen LogP contribution in [0.25, 0.3) is 0 Å². The number of hydrogen-bond acceptors (Lipinski definition) is 4. The fraction of sp³-hybridized carbons (Fsp3) is 0.364. The van der Waals surface area contributed by atoms with E-state index in [1.54, 1.807) is 16.9 Å². The summed E-state index contributed by atoms with van der Waals surface area (Å²) in [4.78, 5) is 31.3. The molecular weight excluding hydrogens is 354 g/mol. The molecule has 1 fully saturated rings. The number of carbonyl (C=O) groups is 2. The molecular formula is C22H27N3O3. The number of aryl methyl sites for hydroxylation is 1. The van der Waals surface area contributed by atoms with Crippen LogP contribution in [-0.2, 0) is 9.59 Å². The van der Waals surface area contributed by atoms with E-state index < -0.39 is 6.04 Å². The second kappa shape index (κ2) is 8.44. The Labute approximate surface area is 166 Å². The minimum absolute atomic E-state index is 0.0470. The summed E-state index contributed by atoms with van der Waals surface area (Å²) in [6.45, 7) is 3.05. The largest absolute Gasteiger partial charge is 0.497 e. The molecule has 2 aromatic carbocycles. The summed E-state index contributed by atoms with van der Waals surface area (Å²) in [5.74, 6) is 0.569. The fourth-order valence-electron chi connectivity index (χ4n) is 3.59. The lowest BCUT2D eigenvalue weighted by molar-refractivity contribution is -0.141. The van der Waals surface area contributed by atoms with Crippen LogP contribution >= 0.6 is 0 Å². The Morgan fingerprint density at radius 3 is 2.50 bits per heavy atom. The number of ether oxygens (including phenoxy) is 1. The molecule has 2 amide bonds. The molecule has 1 atom stereocenters. The highest BCUT2D eigenvalue weighted by atomic mass is 16.5. The smallest absolute Gasteiger partial charge is 0.246 e. The quantitative estimate of drug-likeness (QED) is 0.799. The first-order chi connectivity index (χ1) is 13.4. The van der Waals surface area contributed by atoms with E-state index in [-0.39, 0.29) is 18.4 Å². The maximum Gasteiger partial charge on any atom is 0.246 e. The zero-order chi connectivity index (χ0) is 20.3. The van der Waals surface area contributed by atoms with E-state index in [4.69, 9.17) is 4.74 Å². The summed E-state index contributed by atoms with van der Waals surface area (Å²) in [6.07, 6.45) is 0. The van der Waals surface area contributed by atoms with Crippen LogP contribution in [0.1, 0.15) is 17.2 Å². The number of nitrogens with zero attached hydrogens (tertiary/aromatic N) is 3. The molecule has 0 spiro atoms. The first-order valence-electron chi connectivity index (χ1n) is 9.37. The number of rotatable bonds is 5. The molecule has 1 aliphatic heterocycles. The van der Waals surface area contributed by atoms with Gasteiger partial charge in [-0.05, 0) is 38.7 Å². The summed E-state index contributed by atoms with van der Waals surface area (Å²) in [7, 11) is 5.38. The Bertz CT molecular complexity index is 866. The van der Waals surface area contributed by atoms with Gasteiger partial charge in [-0.15, -0.1) is 0 Å². The van der Waals surface area contributed by atoms with Gasteiger partial charge in [0.25, 0.3) is 0 Å². The van der Waals surface area contributed by atoms with Gasteiger partial charge in [0.05, 0.1) is 7.11 Å². The Balaban J connectivity index is 1.76. The second-order valence-corrected chi connectivity index (χ2v) is 7.29. The van der Waals surface area contributed by atoms with Crippen molar-refractivity contribution >= 4 is 17.5 Å². The van der Waals surface area contributed by atoms with Gasteiger partial charge in [0, 0.05) is 24.8 Å². The van der Waals surface area contributed by atoms with E-state index in [0.717, 1.165) is 16.8 Å². The third-order valence-corrected chi connectivity index (χ3v) is 5.01. The van der Waals surface area contributed by atoms with Gasteiger partial charge >= 0.3 is 0 Å². The van der Waals surface area contributed by atoms with E-state index in [9.17, 15) is 9.59 Å². The third kappa shape index (κ3) is 4.17. The topological polar surface area (TPSA) is 53.1 Å². The molecule has 1 unspecified atom stereocenters. The molecule has 0 saturated carbocycles. The number of likely N-dealkylation sites (N-methyl/N-ethyl adjacent to an activating group) is 1. The van der Waals surface area contributed by atoms with Crippen molar-refractivity contribution in [2.24, 2.45) is 0 Å². The SMILES string of the molecule is COc1cccc(N2CCN(C(=O)C(c3cccc(C)c3)N(C)C)CC2=O)c1. The summed E-state index contributed by atoms with van der Waals surface area (Å²) in [5, 5.41) is 0. The highest BCUT2D eigenvalue weighted by molar-refractivity contribution is 5.98. The van der Waals surface area contributed by atoms with Crippen LogP contribution in [0.5, 0.6) is 5.75 Å². The molecule has 6 nitrogen and oxygen atoms in total. The molecule has 0 radical (unpaired) electrons. The molecule has 6 heteroatoms. The predicted octanol–water partition coefficient (Wildman–Crippen LogP) is 2.48. The molecule has 1 saturated heterocycles. The van der Waals surface area contributed by atoms with Gasteiger partial charge < -0.3 is 14.5 Å². The van der Waals surface area contributed by atoms with Gasteiger partial charge in [-0.2, -0.15) is 0 Å². The number of amides is 2. The maximum absolute atomic E-state index is 13.2. The zero-order valence-corrected chi connectivity index (χ0v) is 16.9. The van der Waals surface area contributed by atoms with Crippen LogP contribution in [-0.4, -0.2) is 62.5 Å². The average molecular weight is 381 g/mol. The van der Waals surface area contributed by atoms with Crippen LogP contribution in [0.2, 0.25) is 0 Å². The number of methoxy groups -OCH3 is 1. The zero-order valence-electron chi connectivity index (χ0n) is 16.9.